The molecule has 2 N–H and O–H groups in total. The van der Waals surface area contributed by atoms with Crippen molar-refractivity contribution in [3.63, 3.8) is 0 Å². The third-order valence-corrected chi connectivity index (χ3v) is 5.87. The second-order valence-electron chi connectivity index (χ2n) is 8.46. The third kappa shape index (κ3) is 5.57. The smallest absolute Gasteiger partial charge is 0.255 e. The van der Waals surface area contributed by atoms with Crippen molar-refractivity contribution in [1.82, 2.24) is 20.6 Å². The van der Waals surface area contributed by atoms with Crippen LogP contribution in [0.5, 0.6) is 5.75 Å². The first-order chi connectivity index (χ1) is 17.7. The van der Waals surface area contributed by atoms with Crippen molar-refractivity contribution in [3.05, 3.63) is 88.1 Å². The number of nitrogens with zero attached hydrogens (tertiary/aromatic N) is 3. The number of aromatic nitrogens is 4. The number of tetrazole rings is 1. The number of fused-ring (bicyclic) bond motifs is 1. The first-order valence-corrected chi connectivity index (χ1v) is 11.9. The van der Waals surface area contributed by atoms with Crippen molar-refractivity contribution in [1.29, 1.82) is 0 Å². The van der Waals surface area contributed by atoms with Crippen molar-refractivity contribution in [2.75, 3.05) is 11.9 Å². The van der Waals surface area contributed by atoms with E-state index in [9.17, 15) is 9.59 Å². The summed E-state index contributed by atoms with van der Waals surface area (Å²) in [7, 11) is 0. The number of benzene rings is 2. The Balaban J connectivity index is 1.17. The van der Waals surface area contributed by atoms with Gasteiger partial charge in [0.05, 0.1) is 12.0 Å². The van der Waals surface area contributed by atoms with E-state index in [4.69, 9.17) is 9.15 Å². The van der Waals surface area contributed by atoms with Crippen LogP contribution in [0, 0.1) is 0 Å². The Bertz CT molecular complexity index is 1470. The van der Waals surface area contributed by atoms with Crippen LogP contribution >= 0.6 is 0 Å². The zero-order valence-corrected chi connectivity index (χ0v) is 19.6. The number of allylic oxidation sites excluding steroid dienone is 4. The molecule has 2 aromatic heterocycles. The molecular formula is C27H25N5O4. The molecule has 36 heavy (non-hydrogen) atoms. The molecule has 0 bridgehead atoms. The van der Waals surface area contributed by atoms with Crippen LogP contribution in [0.15, 0.2) is 81.5 Å². The molecule has 0 radical (unpaired) electrons. The van der Waals surface area contributed by atoms with Crippen LogP contribution in [0.3, 0.4) is 0 Å². The largest absolute Gasteiger partial charge is 0.494 e. The van der Waals surface area contributed by atoms with Crippen LogP contribution in [0.25, 0.3) is 22.6 Å². The van der Waals surface area contributed by atoms with Crippen LogP contribution in [0.2, 0.25) is 0 Å². The van der Waals surface area contributed by atoms with Crippen molar-refractivity contribution in [3.8, 4) is 17.3 Å². The maximum atomic E-state index is 12.7. The summed E-state index contributed by atoms with van der Waals surface area (Å²) in [4.78, 5) is 25.2. The first kappa shape index (κ1) is 23.2. The minimum absolute atomic E-state index is 0.171. The molecule has 0 unspecified atom stereocenters. The Hall–Kier alpha value is -4.53. The number of carbonyl (C=O) groups excluding carboxylic acids is 1. The molecule has 2 aromatic carbocycles. The van der Waals surface area contributed by atoms with Gasteiger partial charge in [-0.25, -0.2) is 0 Å². The maximum absolute atomic E-state index is 12.7. The van der Waals surface area contributed by atoms with E-state index in [1.54, 1.807) is 42.5 Å². The van der Waals surface area contributed by atoms with E-state index in [1.165, 1.54) is 11.6 Å². The highest BCUT2D eigenvalue weighted by Gasteiger charge is 2.12. The molecule has 0 atom stereocenters. The quantitative estimate of drug-likeness (QED) is 0.319. The van der Waals surface area contributed by atoms with Gasteiger partial charge in [-0.3, -0.25) is 9.59 Å². The van der Waals surface area contributed by atoms with E-state index in [1.807, 2.05) is 0 Å². The predicted molar refractivity (Wildman–Crippen MR) is 136 cm³/mol. The van der Waals surface area contributed by atoms with Crippen molar-refractivity contribution < 1.29 is 13.9 Å². The van der Waals surface area contributed by atoms with E-state index in [2.05, 4.69) is 44.2 Å². The minimum atomic E-state index is -0.286. The molecule has 1 amide bonds. The maximum Gasteiger partial charge on any atom is 0.255 e. The van der Waals surface area contributed by atoms with Crippen LogP contribution in [-0.2, 0) is 0 Å². The summed E-state index contributed by atoms with van der Waals surface area (Å²) in [5.41, 5.74) is 2.45. The molecule has 9 nitrogen and oxygen atoms in total. The van der Waals surface area contributed by atoms with Gasteiger partial charge in [0.25, 0.3) is 5.91 Å². The van der Waals surface area contributed by atoms with Gasteiger partial charge in [-0.1, -0.05) is 23.8 Å². The average Bonchev–Trinajstić information content (AvgIpc) is 3.44. The number of unbranched alkanes of at least 4 members (excludes halogenated alkanes) is 1. The molecule has 0 saturated carbocycles. The van der Waals surface area contributed by atoms with Gasteiger partial charge in [0.1, 0.15) is 11.3 Å². The number of hydrogen-bond acceptors (Lipinski definition) is 7. The summed E-state index contributed by atoms with van der Waals surface area (Å²) in [6, 6.07) is 13.2. The Kier molecular flexibility index (Phi) is 6.98. The van der Waals surface area contributed by atoms with Gasteiger partial charge in [-0.15, -0.1) is 10.2 Å². The average molecular weight is 484 g/mol. The van der Waals surface area contributed by atoms with Crippen LogP contribution in [0.1, 0.15) is 42.5 Å². The van der Waals surface area contributed by atoms with Crippen molar-refractivity contribution in [2.24, 2.45) is 0 Å². The summed E-state index contributed by atoms with van der Waals surface area (Å²) in [5, 5.41) is 16.7. The molecule has 0 fully saturated rings. The lowest BCUT2D eigenvalue weighted by Gasteiger charge is -2.09. The monoisotopic (exact) mass is 483 g/mol. The molecule has 0 spiro atoms. The minimum Gasteiger partial charge on any atom is -0.494 e. The third-order valence-electron chi connectivity index (χ3n) is 5.87. The van der Waals surface area contributed by atoms with Gasteiger partial charge in [-0.2, -0.15) is 5.21 Å². The SMILES string of the molecule is O=C(Nc1ccc2c(=O)cc(-c3nn[nH]n3)oc2c1)c1ccc(OCCCCC2=CCCC=C2)cc1. The number of anilines is 1. The van der Waals surface area contributed by atoms with Gasteiger partial charge in [-0.05, 0) is 73.7 Å². The number of hydrogen-bond donors (Lipinski definition) is 2. The number of aromatic amines is 1. The van der Waals surface area contributed by atoms with Gasteiger partial charge >= 0.3 is 0 Å². The van der Waals surface area contributed by atoms with E-state index < -0.39 is 0 Å². The summed E-state index contributed by atoms with van der Waals surface area (Å²) >= 11 is 0. The molecule has 182 valence electrons. The second-order valence-corrected chi connectivity index (χ2v) is 8.46. The number of amides is 1. The molecule has 5 rings (SSSR count). The number of rotatable bonds is 9. The number of carbonyl (C=O) groups is 1. The fraction of sp³-hybridized carbons (Fsp3) is 0.222. The highest BCUT2D eigenvalue weighted by molar-refractivity contribution is 6.05. The zero-order chi connectivity index (χ0) is 24.7. The Morgan fingerprint density at radius 1 is 1.08 bits per heavy atom. The van der Waals surface area contributed by atoms with E-state index in [0.717, 1.165) is 37.9 Å². The lowest BCUT2D eigenvalue weighted by molar-refractivity contribution is 0.102. The number of nitrogens with one attached hydrogen (secondary N) is 2. The van der Waals surface area contributed by atoms with E-state index >= 15 is 0 Å². The molecule has 0 aliphatic heterocycles. The summed E-state index contributed by atoms with van der Waals surface area (Å²) in [5.74, 6) is 0.795. The molecule has 4 aromatic rings. The normalized spacial score (nSPS) is 12.9. The number of ether oxygens (including phenoxy) is 1. The second kappa shape index (κ2) is 10.8. The van der Waals surface area contributed by atoms with Gasteiger partial charge in [0.2, 0.25) is 5.82 Å². The van der Waals surface area contributed by atoms with Gasteiger partial charge in [0.15, 0.2) is 11.2 Å². The molecule has 9 heteroatoms. The molecule has 1 aliphatic carbocycles. The summed E-state index contributed by atoms with van der Waals surface area (Å²) < 4.78 is 11.6. The topological polar surface area (TPSA) is 123 Å². The van der Waals surface area contributed by atoms with Crippen LogP contribution in [0.4, 0.5) is 5.69 Å². The Morgan fingerprint density at radius 3 is 2.75 bits per heavy atom. The lowest BCUT2D eigenvalue weighted by Crippen LogP contribution is -2.12. The van der Waals surface area contributed by atoms with E-state index in [0.29, 0.717) is 28.8 Å². The van der Waals surface area contributed by atoms with E-state index in [-0.39, 0.29) is 22.9 Å². The fourth-order valence-electron chi connectivity index (χ4n) is 3.99. The predicted octanol–water partition coefficient (Wildman–Crippen LogP) is 5.05. The Labute approximate surface area is 206 Å². The van der Waals surface area contributed by atoms with Gasteiger partial charge in [0, 0.05) is 23.4 Å². The van der Waals surface area contributed by atoms with Crippen LogP contribution in [-0.4, -0.2) is 33.1 Å². The Morgan fingerprint density at radius 2 is 1.97 bits per heavy atom. The zero-order valence-electron chi connectivity index (χ0n) is 19.6. The standard InChI is InChI=1S/C27H25N5O4/c33-23-17-25(26-29-31-32-30-26)36-24-16-20(11-14-22(23)24)28-27(34)19-9-12-21(13-10-19)35-15-5-4-8-18-6-2-1-3-7-18/h2,6-7,9-14,16-17H,1,3-5,8,15H2,(H,28,34)(H,29,30,31,32). The number of H-pyrrole nitrogens is 1. The summed E-state index contributed by atoms with van der Waals surface area (Å²) in [6.07, 6.45) is 12.2. The van der Waals surface area contributed by atoms with Crippen molar-refractivity contribution in [2.45, 2.75) is 32.1 Å². The lowest BCUT2D eigenvalue weighted by atomic mass is 10.0. The fourth-order valence-corrected chi connectivity index (χ4v) is 3.99. The van der Waals surface area contributed by atoms with Crippen LogP contribution < -0.4 is 15.5 Å². The molecule has 2 heterocycles. The molecular weight excluding hydrogens is 458 g/mol. The summed E-state index contributed by atoms with van der Waals surface area (Å²) in [6.45, 7) is 0.636. The molecule has 0 saturated heterocycles. The molecule has 1 aliphatic rings. The first-order valence-electron chi connectivity index (χ1n) is 11.9. The van der Waals surface area contributed by atoms with Gasteiger partial charge < -0.3 is 14.5 Å². The highest BCUT2D eigenvalue weighted by atomic mass is 16.5. The van der Waals surface area contributed by atoms with Crippen molar-refractivity contribution >= 4 is 22.6 Å². The highest BCUT2D eigenvalue weighted by Crippen LogP contribution is 2.22.